The van der Waals surface area contributed by atoms with Gasteiger partial charge in [-0.15, -0.1) is 0 Å². The van der Waals surface area contributed by atoms with E-state index >= 15 is 0 Å². The van der Waals surface area contributed by atoms with Gasteiger partial charge in [0.2, 0.25) is 0 Å². The van der Waals surface area contributed by atoms with Gasteiger partial charge in [0.1, 0.15) is 0 Å². The molecule has 0 spiro atoms. The van der Waals surface area contributed by atoms with Crippen molar-refractivity contribution in [3.63, 3.8) is 0 Å². The van der Waals surface area contributed by atoms with Gasteiger partial charge in [0.15, 0.2) is 0 Å². The van der Waals surface area contributed by atoms with E-state index in [1.807, 2.05) is 0 Å². The number of fused-ring (bicyclic) bond motifs is 1. The molecule has 92 valence electrons. The molecule has 0 aromatic carbocycles. The summed E-state index contributed by atoms with van der Waals surface area (Å²) in [4.78, 5) is 0. The first-order valence-corrected chi connectivity index (χ1v) is 6.85. The summed E-state index contributed by atoms with van der Waals surface area (Å²) in [5.41, 5.74) is 1.04. The van der Waals surface area contributed by atoms with E-state index in [1.54, 1.807) is 0 Å². The van der Waals surface area contributed by atoms with Crippen LogP contribution in [0.4, 0.5) is 0 Å². The lowest BCUT2D eigenvalue weighted by Crippen LogP contribution is -2.51. The molecule has 0 saturated heterocycles. The lowest BCUT2D eigenvalue weighted by molar-refractivity contribution is -0.107. The molecule has 1 heteroatoms. The zero-order valence-corrected chi connectivity index (χ0v) is 11.2. The van der Waals surface area contributed by atoms with E-state index in [0.29, 0.717) is 17.8 Å². The molecule has 2 aliphatic carbocycles. The van der Waals surface area contributed by atoms with E-state index in [4.69, 9.17) is 0 Å². The summed E-state index contributed by atoms with van der Waals surface area (Å²) in [6.07, 6.45) is 7.08. The van der Waals surface area contributed by atoms with Crippen LogP contribution < -0.4 is 0 Å². The molecule has 0 bridgehead atoms. The van der Waals surface area contributed by atoms with Gasteiger partial charge in [0.05, 0.1) is 5.60 Å². The highest BCUT2D eigenvalue weighted by atomic mass is 16.3. The van der Waals surface area contributed by atoms with Crippen LogP contribution in [0.5, 0.6) is 0 Å². The van der Waals surface area contributed by atoms with Crippen LogP contribution in [0.2, 0.25) is 0 Å². The number of aliphatic hydroxyl groups is 1. The zero-order valence-electron chi connectivity index (χ0n) is 11.2. The number of hydrogen-bond donors (Lipinski definition) is 1. The van der Waals surface area contributed by atoms with Crippen LogP contribution in [0.1, 0.15) is 53.4 Å². The molecule has 0 aromatic rings. The fourth-order valence-corrected chi connectivity index (χ4v) is 3.75. The Morgan fingerprint density at radius 3 is 2.69 bits per heavy atom. The summed E-state index contributed by atoms with van der Waals surface area (Å²) in [6, 6.07) is 0. The molecule has 0 heterocycles. The minimum Gasteiger partial charge on any atom is -0.389 e. The Morgan fingerprint density at radius 1 is 1.38 bits per heavy atom. The SMILES string of the molecule is CC1=C[C@H]2[C@@H](CC1)C(C)CC[C@@]2(O)C(C)C. The molecule has 4 atom stereocenters. The van der Waals surface area contributed by atoms with E-state index in [1.165, 1.54) is 24.8 Å². The second-order valence-corrected chi connectivity index (χ2v) is 6.40. The van der Waals surface area contributed by atoms with Crippen molar-refractivity contribution < 1.29 is 5.11 Å². The molecule has 0 aliphatic heterocycles. The molecule has 1 nitrogen and oxygen atoms in total. The number of hydrogen-bond acceptors (Lipinski definition) is 1. The monoisotopic (exact) mass is 222 g/mol. The number of allylic oxidation sites excluding steroid dienone is 1. The highest BCUT2D eigenvalue weighted by Crippen LogP contribution is 2.50. The smallest absolute Gasteiger partial charge is 0.0735 e. The van der Waals surface area contributed by atoms with Crippen LogP contribution in [0.25, 0.3) is 0 Å². The topological polar surface area (TPSA) is 20.2 Å². The lowest BCUT2D eigenvalue weighted by atomic mass is 9.58. The predicted molar refractivity (Wildman–Crippen MR) is 68.2 cm³/mol. The lowest BCUT2D eigenvalue weighted by Gasteiger charge is -2.50. The van der Waals surface area contributed by atoms with Gasteiger partial charge in [-0.1, -0.05) is 32.4 Å². The third kappa shape index (κ3) is 1.84. The molecule has 16 heavy (non-hydrogen) atoms. The van der Waals surface area contributed by atoms with Crippen LogP contribution in [0, 0.1) is 23.7 Å². The van der Waals surface area contributed by atoms with Crippen molar-refractivity contribution in [1.82, 2.24) is 0 Å². The van der Waals surface area contributed by atoms with Crippen LogP contribution in [0.15, 0.2) is 11.6 Å². The van der Waals surface area contributed by atoms with Gasteiger partial charge in [0, 0.05) is 5.92 Å². The van der Waals surface area contributed by atoms with E-state index in [2.05, 4.69) is 33.8 Å². The third-order valence-corrected chi connectivity index (χ3v) is 5.11. The molecule has 0 amide bonds. The molecule has 2 rings (SSSR count). The van der Waals surface area contributed by atoms with E-state index in [-0.39, 0.29) is 0 Å². The Morgan fingerprint density at radius 2 is 2.06 bits per heavy atom. The highest BCUT2D eigenvalue weighted by Gasteiger charge is 2.48. The number of rotatable bonds is 1. The summed E-state index contributed by atoms with van der Waals surface area (Å²) in [6.45, 7) is 8.93. The maximum absolute atomic E-state index is 10.9. The molecule has 1 fully saturated rings. The summed E-state index contributed by atoms with van der Waals surface area (Å²) in [5.74, 6) is 2.28. The fraction of sp³-hybridized carbons (Fsp3) is 0.867. The van der Waals surface area contributed by atoms with Gasteiger partial charge in [0.25, 0.3) is 0 Å². The molecular weight excluding hydrogens is 196 g/mol. The predicted octanol–water partition coefficient (Wildman–Crippen LogP) is 3.78. The second-order valence-electron chi connectivity index (χ2n) is 6.40. The van der Waals surface area contributed by atoms with Gasteiger partial charge in [-0.3, -0.25) is 0 Å². The van der Waals surface area contributed by atoms with Gasteiger partial charge in [-0.25, -0.2) is 0 Å². The average Bonchev–Trinajstić information content (AvgIpc) is 2.23. The molecule has 0 aromatic heterocycles. The van der Waals surface area contributed by atoms with Crippen molar-refractivity contribution in [2.24, 2.45) is 23.7 Å². The largest absolute Gasteiger partial charge is 0.389 e. The first kappa shape index (κ1) is 12.2. The summed E-state index contributed by atoms with van der Waals surface area (Å²) >= 11 is 0. The van der Waals surface area contributed by atoms with Crippen LogP contribution in [-0.4, -0.2) is 10.7 Å². The standard InChI is InChI=1S/C15H26O/c1-10(2)15(16)8-7-12(4)13-6-5-11(3)9-14(13)15/h9-10,12-14,16H,5-8H2,1-4H3/t12?,13-,14-,15+/m0/s1. The molecule has 2 aliphatic rings. The first-order valence-electron chi connectivity index (χ1n) is 6.85. The Kier molecular flexibility index (Phi) is 3.18. The summed E-state index contributed by atoms with van der Waals surface area (Å²) in [7, 11) is 0. The summed E-state index contributed by atoms with van der Waals surface area (Å²) in [5, 5.41) is 10.9. The van der Waals surface area contributed by atoms with E-state index < -0.39 is 5.60 Å². The minimum atomic E-state index is -0.446. The molecule has 1 unspecified atom stereocenters. The molecule has 0 radical (unpaired) electrons. The van der Waals surface area contributed by atoms with Gasteiger partial charge in [-0.05, 0) is 50.4 Å². The first-order chi connectivity index (χ1) is 7.45. The van der Waals surface area contributed by atoms with Gasteiger partial charge < -0.3 is 5.11 Å². The molecule has 1 saturated carbocycles. The van der Waals surface area contributed by atoms with E-state index in [9.17, 15) is 5.11 Å². The highest BCUT2D eigenvalue weighted by molar-refractivity contribution is 5.15. The summed E-state index contributed by atoms with van der Waals surface area (Å²) < 4.78 is 0. The fourth-order valence-electron chi connectivity index (χ4n) is 3.75. The van der Waals surface area contributed by atoms with Crippen molar-refractivity contribution in [2.75, 3.05) is 0 Å². The third-order valence-electron chi connectivity index (χ3n) is 5.11. The maximum atomic E-state index is 10.9. The Balaban J connectivity index is 2.32. The maximum Gasteiger partial charge on any atom is 0.0735 e. The van der Waals surface area contributed by atoms with E-state index in [0.717, 1.165) is 12.3 Å². The van der Waals surface area contributed by atoms with Gasteiger partial charge >= 0.3 is 0 Å². The molecule has 1 N–H and O–H groups in total. The van der Waals surface area contributed by atoms with Gasteiger partial charge in [-0.2, -0.15) is 0 Å². The Labute approximate surface area is 99.9 Å². The van der Waals surface area contributed by atoms with Crippen molar-refractivity contribution in [1.29, 1.82) is 0 Å². The minimum absolute atomic E-state index is 0.370. The van der Waals surface area contributed by atoms with Crippen molar-refractivity contribution >= 4 is 0 Å². The average molecular weight is 222 g/mol. The Hall–Kier alpha value is -0.300. The van der Waals surface area contributed by atoms with Crippen molar-refractivity contribution in [2.45, 2.75) is 59.0 Å². The quantitative estimate of drug-likeness (QED) is 0.669. The zero-order chi connectivity index (χ0) is 11.9. The van der Waals surface area contributed by atoms with Crippen LogP contribution >= 0.6 is 0 Å². The van der Waals surface area contributed by atoms with Crippen molar-refractivity contribution in [3.8, 4) is 0 Å². The normalized spacial score (nSPS) is 44.1. The van der Waals surface area contributed by atoms with Crippen LogP contribution in [-0.2, 0) is 0 Å². The Bertz CT molecular complexity index is 292. The van der Waals surface area contributed by atoms with Crippen molar-refractivity contribution in [3.05, 3.63) is 11.6 Å². The second kappa shape index (κ2) is 4.18. The van der Waals surface area contributed by atoms with Crippen LogP contribution in [0.3, 0.4) is 0 Å². The molecular formula is C15H26O.